The smallest absolute Gasteiger partial charge is 0.416 e. The number of anilines is 2. The van der Waals surface area contributed by atoms with Gasteiger partial charge in [-0.25, -0.2) is 0 Å². The molecule has 4 fully saturated rings. The van der Waals surface area contributed by atoms with E-state index in [1.54, 1.807) is 6.07 Å². The Balaban J connectivity index is 0.000000210. The number of fused-ring (bicyclic) bond motifs is 9. The Morgan fingerprint density at radius 1 is 0.815 bits per heavy atom. The highest BCUT2D eigenvalue weighted by molar-refractivity contribution is 7.99. The van der Waals surface area contributed by atoms with Crippen molar-refractivity contribution < 1.29 is 38.4 Å². The standard InChI is InChI=1S/C29H40O4.C22H26F3N3OS.2ClH/c1-17-18-7-8-21-27(4,19(18)15-20(30)23(17)31)12-14-29(6)22-16-26(3,24(32)33)10-9-25(22,2)11-13-28(21,29)5;23-22(24,25)17-6-7-21-19(16-17)28(18-4-1-2-5-20(18)30-21)9-3-8-26-10-12-27(13-11-26)14-15-29;;/h8,15,22,30-31H,7,9-14,16H2,1-6H3,(H,32,33);1-2,4-7,16,29H,3,8-15H2;2*1H. The summed E-state index contributed by atoms with van der Waals surface area (Å²) in [5, 5.41) is 40.0. The Bertz CT molecular complexity index is 2290. The Hall–Kier alpha value is -3.13. The summed E-state index contributed by atoms with van der Waals surface area (Å²) in [4.78, 5) is 20.9. The number of phenols is 2. The number of allylic oxidation sites excluding steroid dienone is 2. The maximum Gasteiger partial charge on any atom is 0.416 e. The fourth-order valence-corrected chi connectivity index (χ4v) is 14.0. The summed E-state index contributed by atoms with van der Waals surface area (Å²) in [5.41, 5.74) is 5.01. The maximum absolute atomic E-state index is 13.3. The Morgan fingerprint density at radius 2 is 1.46 bits per heavy atom. The van der Waals surface area contributed by atoms with Crippen molar-refractivity contribution >= 4 is 53.9 Å². The molecule has 1 saturated heterocycles. The fraction of sp³-hybridized carbons (Fsp3) is 0.588. The molecule has 358 valence electrons. The van der Waals surface area contributed by atoms with Crippen molar-refractivity contribution in [3.8, 4) is 11.5 Å². The first kappa shape index (κ1) is 51.3. The Kier molecular flexibility index (Phi) is 14.8. The lowest BCUT2D eigenvalue weighted by Gasteiger charge is -2.69. The number of rotatable bonds is 7. The molecule has 0 aromatic heterocycles. The number of carboxylic acid groups (broad SMARTS) is 1. The highest BCUT2D eigenvalue weighted by Crippen LogP contribution is 2.74. The number of benzene rings is 3. The van der Waals surface area contributed by atoms with Crippen LogP contribution in [-0.4, -0.2) is 88.6 Å². The largest absolute Gasteiger partial charge is 0.504 e. The average molecular weight is 963 g/mol. The fourth-order valence-electron chi connectivity index (χ4n) is 13.0. The van der Waals surface area contributed by atoms with Crippen LogP contribution in [0.5, 0.6) is 11.5 Å². The Labute approximate surface area is 399 Å². The second-order valence-corrected chi connectivity index (χ2v) is 21.8. The average Bonchev–Trinajstić information content (AvgIpc) is 3.25. The summed E-state index contributed by atoms with van der Waals surface area (Å²) in [6.07, 6.45) is 6.55. The van der Waals surface area contributed by atoms with Crippen LogP contribution < -0.4 is 4.90 Å². The molecule has 9 rings (SSSR count). The molecule has 3 aromatic rings. The van der Waals surface area contributed by atoms with E-state index in [1.165, 1.54) is 35.0 Å². The van der Waals surface area contributed by atoms with Crippen LogP contribution in [0.3, 0.4) is 0 Å². The van der Waals surface area contributed by atoms with Crippen molar-refractivity contribution in [2.24, 2.45) is 27.6 Å². The van der Waals surface area contributed by atoms with E-state index in [4.69, 9.17) is 5.11 Å². The number of carbonyl (C=O) groups is 1. The number of halogens is 5. The molecule has 3 aromatic carbocycles. The molecule has 0 spiro atoms. The molecule has 2 aliphatic heterocycles. The minimum Gasteiger partial charge on any atom is -0.504 e. The second kappa shape index (κ2) is 18.8. The van der Waals surface area contributed by atoms with E-state index >= 15 is 0 Å². The van der Waals surface area contributed by atoms with Gasteiger partial charge in [-0.2, -0.15) is 13.2 Å². The number of aliphatic hydroxyl groups is 1. The lowest BCUT2D eigenvalue weighted by atomic mass is 9.34. The van der Waals surface area contributed by atoms with Crippen LogP contribution in [0, 0.1) is 34.5 Å². The molecule has 4 aliphatic carbocycles. The van der Waals surface area contributed by atoms with Crippen LogP contribution in [0.4, 0.5) is 24.5 Å². The molecule has 14 heteroatoms. The molecule has 0 radical (unpaired) electrons. The van der Waals surface area contributed by atoms with Crippen molar-refractivity contribution in [1.29, 1.82) is 0 Å². The molecular formula is C51H68Cl2F3N3O5S. The van der Waals surface area contributed by atoms with Gasteiger partial charge in [0.2, 0.25) is 0 Å². The van der Waals surface area contributed by atoms with Crippen LogP contribution in [-0.2, 0) is 22.8 Å². The summed E-state index contributed by atoms with van der Waals surface area (Å²) >= 11 is 1.53. The molecule has 0 amide bonds. The first-order valence-corrected chi connectivity index (χ1v) is 23.8. The molecule has 4 N–H and O–H groups in total. The van der Waals surface area contributed by atoms with Crippen molar-refractivity contribution in [2.75, 3.05) is 57.3 Å². The molecule has 2 heterocycles. The third-order valence-corrected chi connectivity index (χ3v) is 18.4. The molecule has 6 unspecified atom stereocenters. The zero-order chi connectivity index (χ0) is 45.3. The summed E-state index contributed by atoms with van der Waals surface area (Å²) < 4.78 is 39.9. The number of nitrogens with zero attached hydrogens (tertiary/aromatic N) is 3. The van der Waals surface area contributed by atoms with E-state index in [-0.39, 0.29) is 64.6 Å². The Morgan fingerprint density at radius 3 is 2.12 bits per heavy atom. The van der Waals surface area contributed by atoms with Crippen molar-refractivity contribution in [3.63, 3.8) is 0 Å². The van der Waals surface area contributed by atoms with E-state index in [0.29, 0.717) is 24.7 Å². The zero-order valence-corrected chi connectivity index (χ0v) is 41.1. The number of carboxylic acids is 1. The van der Waals surface area contributed by atoms with Crippen LogP contribution in [0.15, 0.2) is 70.0 Å². The van der Waals surface area contributed by atoms with Crippen LogP contribution >= 0.6 is 36.6 Å². The van der Waals surface area contributed by atoms with E-state index < -0.39 is 23.1 Å². The summed E-state index contributed by atoms with van der Waals surface area (Å²) in [6, 6.07) is 13.8. The first-order valence-electron chi connectivity index (χ1n) is 23.0. The predicted molar refractivity (Wildman–Crippen MR) is 258 cm³/mol. The summed E-state index contributed by atoms with van der Waals surface area (Å²) in [5.74, 6) is -0.282. The van der Waals surface area contributed by atoms with E-state index in [0.717, 1.165) is 117 Å². The second-order valence-electron chi connectivity index (χ2n) is 20.7. The van der Waals surface area contributed by atoms with Gasteiger partial charge in [-0.1, -0.05) is 63.2 Å². The number of hydrogen-bond donors (Lipinski definition) is 4. The number of aliphatic carboxylic acids is 1. The number of para-hydroxylation sites is 1. The van der Waals surface area contributed by atoms with Gasteiger partial charge in [-0.05, 0) is 153 Å². The number of aliphatic hydroxyl groups excluding tert-OH is 1. The van der Waals surface area contributed by atoms with Crippen LogP contribution in [0.25, 0.3) is 0 Å². The van der Waals surface area contributed by atoms with E-state index in [9.17, 15) is 33.3 Å². The maximum atomic E-state index is 13.3. The summed E-state index contributed by atoms with van der Waals surface area (Å²) in [7, 11) is 0. The number of piperazine rings is 1. The molecule has 0 bridgehead atoms. The number of alkyl halides is 3. The summed E-state index contributed by atoms with van der Waals surface area (Å²) in [6.45, 7) is 19.8. The van der Waals surface area contributed by atoms with Crippen molar-refractivity contribution in [3.05, 3.63) is 82.4 Å². The number of phenolic OH excluding ortho intramolecular Hbond substituents is 2. The zero-order valence-electron chi connectivity index (χ0n) is 38.7. The highest BCUT2D eigenvalue weighted by Gasteiger charge is 2.67. The lowest BCUT2D eigenvalue weighted by molar-refractivity contribution is -0.177. The molecule has 6 aliphatic rings. The third kappa shape index (κ3) is 8.91. The van der Waals surface area contributed by atoms with Gasteiger partial charge < -0.3 is 30.2 Å². The molecule has 65 heavy (non-hydrogen) atoms. The van der Waals surface area contributed by atoms with Gasteiger partial charge in [-0.3, -0.25) is 9.69 Å². The number of β-amino-alcohol motifs (C(OH)–C–C–N with tert-alkyl or cyclic N) is 1. The van der Waals surface area contributed by atoms with Gasteiger partial charge in [0.25, 0.3) is 0 Å². The van der Waals surface area contributed by atoms with Crippen LogP contribution in [0.1, 0.15) is 108 Å². The normalized spacial score (nSPS) is 30.5. The third-order valence-electron chi connectivity index (χ3n) is 17.3. The van der Waals surface area contributed by atoms with Gasteiger partial charge in [0.15, 0.2) is 11.5 Å². The van der Waals surface area contributed by atoms with E-state index in [1.807, 2.05) is 49.1 Å². The molecular weight excluding hydrogens is 895 g/mol. The molecule has 3 saturated carbocycles. The monoisotopic (exact) mass is 961 g/mol. The van der Waals surface area contributed by atoms with Gasteiger partial charge in [0, 0.05) is 54.5 Å². The topological polar surface area (TPSA) is 108 Å². The van der Waals surface area contributed by atoms with Crippen molar-refractivity contribution in [2.45, 2.75) is 121 Å². The quantitative estimate of drug-likeness (QED) is 0.136. The minimum atomic E-state index is -4.35. The number of hydrogen-bond acceptors (Lipinski definition) is 8. The highest BCUT2D eigenvalue weighted by atomic mass is 35.5. The van der Waals surface area contributed by atoms with Gasteiger partial charge in [-0.15, -0.1) is 24.8 Å². The SMILES string of the molecule is Cc1c(O)c(O)cc2c1CC=C1C2(C)CCC2(C)C3CC(C)(C(=O)O)CCC3(C)CCC12C.Cl.Cl.OCCN1CCN(CCCN2c3ccccc3Sc3ccc(C(F)(F)F)cc32)CC1. The van der Waals surface area contributed by atoms with Crippen molar-refractivity contribution in [1.82, 2.24) is 9.80 Å². The van der Waals surface area contributed by atoms with Gasteiger partial charge >= 0.3 is 12.1 Å². The molecule has 6 atom stereocenters. The van der Waals surface area contributed by atoms with Gasteiger partial charge in [0.1, 0.15) is 0 Å². The number of aromatic hydroxyl groups is 2. The van der Waals surface area contributed by atoms with Crippen LogP contribution in [0.2, 0.25) is 0 Å². The lowest BCUT2D eigenvalue weighted by Crippen LogP contribution is -2.62. The van der Waals surface area contributed by atoms with E-state index in [2.05, 4.69) is 43.6 Å². The predicted octanol–water partition coefficient (Wildman–Crippen LogP) is 11.8. The first-order chi connectivity index (χ1) is 29.7. The van der Waals surface area contributed by atoms with Gasteiger partial charge in [0.05, 0.1) is 29.0 Å². The minimum absolute atomic E-state index is 0. The molecule has 8 nitrogen and oxygen atoms in total.